The zero-order valence-electron chi connectivity index (χ0n) is 14.9. The van der Waals surface area contributed by atoms with Crippen molar-refractivity contribution in [3.63, 3.8) is 0 Å². The number of rotatable bonds is 5. The van der Waals surface area contributed by atoms with Gasteiger partial charge in [-0.1, -0.05) is 59.7 Å². The third-order valence-corrected chi connectivity index (χ3v) is 5.74. The van der Waals surface area contributed by atoms with E-state index in [1.165, 1.54) is 0 Å². The maximum absolute atomic E-state index is 12.6. The van der Waals surface area contributed by atoms with Crippen molar-refractivity contribution >= 4 is 46.3 Å². The molecule has 0 saturated carbocycles. The van der Waals surface area contributed by atoms with Gasteiger partial charge in [0.2, 0.25) is 0 Å². The highest BCUT2D eigenvalue weighted by molar-refractivity contribution is 7.80. The van der Waals surface area contributed by atoms with Crippen LogP contribution in [-0.4, -0.2) is 27.9 Å². The van der Waals surface area contributed by atoms with Crippen LogP contribution >= 0.6 is 35.4 Å². The van der Waals surface area contributed by atoms with Gasteiger partial charge in [-0.2, -0.15) is 0 Å². The van der Waals surface area contributed by atoms with Gasteiger partial charge in [-0.15, -0.1) is 0 Å². The van der Waals surface area contributed by atoms with E-state index < -0.39 is 5.54 Å². The van der Waals surface area contributed by atoms with E-state index in [1.54, 1.807) is 24.3 Å². The Morgan fingerprint density at radius 3 is 2.63 bits per heavy atom. The fourth-order valence-electron chi connectivity index (χ4n) is 3.06. The molecule has 2 aromatic carbocycles. The lowest BCUT2D eigenvalue weighted by atomic mass is 10.0. The predicted octanol–water partition coefficient (Wildman–Crippen LogP) is 5.27. The van der Waals surface area contributed by atoms with Crippen molar-refractivity contribution in [1.82, 2.24) is 10.2 Å². The molecule has 1 aliphatic rings. The van der Waals surface area contributed by atoms with E-state index in [1.807, 2.05) is 42.3 Å². The summed E-state index contributed by atoms with van der Waals surface area (Å²) >= 11 is 17.6. The molecule has 0 spiro atoms. The second kappa shape index (κ2) is 8.42. The highest BCUT2D eigenvalue weighted by Crippen LogP contribution is 2.25. The topological polar surface area (TPSA) is 32.3 Å². The Morgan fingerprint density at radius 2 is 1.93 bits per heavy atom. The Labute approximate surface area is 175 Å². The SMILES string of the molecule is CC1(NC(=O)c2cccc(Cl)c2)CCN(C=CCc2cccc(Cl)c2)C1=S. The minimum Gasteiger partial charge on any atom is -0.341 e. The molecule has 0 aliphatic carbocycles. The Morgan fingerprint density at radius 1 is 1.22 bits per heavy atom. The van der Waals surface area contributed by atoms with Crippen molar-refractivity contribution in [2.75, 3.05) is 6.54 Å². The number of carbonyl (C=O) groups is 1. The molecule has 3 rings (SSSR count). The molecule has 140 valence electrons. The Balaban J connectivity index is 1.62. The van der Waals surface area contributed by atoms with E-state index in [9.17, 15) is 4.79 Å². The van der Waals surface area contributed by atoms with Crippen LogP contribution in [0, 0.1) is 0 Å². The largest absolute Gasteiger partial charge is 0.341 e. The van der Waals surface area contributed by atoms with Crippen molar-refractivity contribution in [1.29, 1.82) is 0 Å². The summed E-state index contributed by atoms with van der Waals surface area (Å²) < 4.78 is 0. The molecule has 1 amide bonds. The van der Waals surface area contributed by atoms with E-state index in [0.717, 1.165) is 30.0 Å². The van der Waals surface area contributed by atoms with Gasteiger partial charge in [0.25, 0.3) is 5.91 Å². The van der Waals surface area contributed by atoms with Crippen molar-refractivity contribution in [3.8, 4) is 0 Å². The number of carbonyl (C=O) groups excluding carboxylic acids is 1. The van der Waals surface area contributed by atoms with Gasteiger partial charge >= 0.3 is 0 Å². The molecule has 0 bridgehead atoms. The first kappa shape index (κ1) is 19.9. The molecule has 1 unspecified atom stereocenters. The first-order valence-electron chi connectivity index (χ1n) is 8.68. The second-order valence-electron chi connectivity index (χ2n) is 6.76. The number of benzene rings is 2. The quantitative estimate of drug-likeness (QED) is 0.670. The summed E-state index contributed by atoms with van der Waals surface area (Å²) in [7, 11) is 0. The molecule has 0 aromatic heterocycles. The van der Waals surface area contributed by atoms with E-state index in [-0.39, 0.29) is 5.91 Å². The van der Waals surface area contributed by atoms with Gasteiger partial charge < -0.3 is 10.2 Å². The number of amides is 1. The highest BCUT2D eigenvalue weighted by atomic mass is 35.5. The average Bonchev–Trinajstić information content (AvgIpc) is 2.90. The molecule has 2 aromatic rings. The molecule has 0 radical (unpaired) electrons. The molecule has 1 fully saturated rings. The molecular formula is C21H20Cl2N2OS. The van der Waals surface area contributed by atoms with Gasteiger partial charge in [-0.3, -0.25) is 4.79 Å². The summed E-state index contributed by atoms with van der Waals surface area (Å²) in [5, 5.41) is 4.33. The van der Waals surface area contributed by atoms with Crippen LogP contribution in [0.25, 0.3) is 0 Å². The van der Waals surface area contributed by atoms with Crippen LogP contribution in [0.2, 0.25) is 10.0 Å². The molecule has 6 heteroatoms. The Kier molecular flexibility index (Phi) is 6.20. The van der Waals surface area contributed by atoms with Crippen LogP contribution in [-0.2, 0) is 6.42 Å². The van der Waals surface area contributed by atoms with Crippen LogP contribution < -0.4 is 5.32 Å². The number of nitrogens with zero attached hydrogens (tertiary/aromatic N) is 1. The van der Waals surface area contributed by atoms with Crippen LogP contribution in [0.3, 0.4) is 0 Å². The normalized spacial score (nSPS) is 19.7. The molecule has 1 aliphatic heterocycles. The first-order chi connectivity index (χ1) is 12.9. The second-order valence-corrected chi connectivity index (χ2v) is 8.02. The fraction of sp³-hybridized carbons (Fsp3) is 0.238. The van der Waals surface area contributed by atoms with Crippen molar-refractivity contribution in [3.05, 3.63) is 82.0 Å². The van der Waals surface area contributed by atoms with Gasteiger partial charge in [0.15, 0.2) is 0 Å². The van der Waals surface area contributed by atoms with Crippen LogP contribution in [0.4, 0.5) is 0 Å². The maximum Gasteiger partial charge on any atom is 0.252 e. The zero-order chi connectivity index (χ0) is 19.4. The van der Waals surface area contributed by atoms with Gasteiger partial charge in [-0.05, 0) is 55.7 Å². The monoisotopic (exact) mass is 418 g/mol. The van der Waals surface area contributed by atoms with Crippen molar-refractivity contribution < 1.29 is 4.79 Å². The van der Waals surface area contributed by atoms with E-state index in [0.29, 0.717) is 15.6 Å². The minimum absolute atomic E-state index is 0.174. The standard InChI is InChI=1S/C21H20Cl2N2OS/c1-21(24-19(26)16-7-3-9-18(23)14-16)10-12-25(20(21)27)11-4-6-15-5-2-8-17(22)13-15/h2-5,7-9,11,13-14H,6,10,12H2,1H3,(H,24,26). The summed E-state index contributed by atoms with van der Waals surface area (Å²) in [6.45, 7) is 2.72. The predicted molar refractivity (Wildman–Crippen MR) is 116 cm³/mol. The van der Waals surface area contributed by atoms with Gasteiger partial charge in [0.05, 0.1) is 5.54 Å². The van der Waals surface area contributed by atoms with Crippen molar-refractivity contribution in [2.45, 2.75) is 25.3 Å². The lowest BCUT2D eigenvalue weighted by Crippen LogP contribution is -2.50. The van der Waals surface area contributed by atoms with E-state index in [2.05, 4.69) is 11.4 Å². The summed E-state index contributed by atoms with van der Waals surface area (Å²) in [6.07, 6.45) is 5.56. The number of likely N-dealkylation sites (tertiary alicyclic amines) is 1. The zero-order valence-corrected chi connectivity index (χ0v) is 17.2. The summed E-state index contributed by atoms with van der Waals surface area (Å²) in [6, 6.07) is 14.7. The summed E-state index contributed by atoms with van der Waals surface area (Å²) in [5.74, 6) is -0.174. The molecular weight excluding hydrogens is 399 g/mol. The number of nitrogens with one attached hydrogen (secondary N) is 1. The third kappa shape index (κ3) is 4.89. The van der Waals surface area contributed by atoms with Gasteiger partial charge in [0, 0.05) is 28.4 Å². The van der Waals surface area contributed by atoms with Gasteiger partial charge in [-0.25, -0.2) is 0 Å². The fourth-order valence-corrected chi connectivity index (χ4v) is 3.77. The summed E-state index contributed by atoms with van der Waals surface area (Å²) in [5.41, 5.74) is 1.11. The molecule has 1 atom stereocenters. The number of halogens is 2. The van der Waals surface area contributed by atoms with E-state index >= 15 is 0 Å². The average molecular weight is 419 g/mol. The molecule has 1 N–H and O–H groups in total. The van der Waals surface area contributed by atoms with E-state index in [4.69, 9.17) is 35.4 Å². The smallest absolute Gasteiger partial charge is 0.252 e. The Hall–Kier alpha value is -1.88. The highest BCUT2D eigenvalue weighted by Gasteiger charge is 2.39. The Bertz CT molecular complexity index is 899. The van der Waals surface area contributed by atoms with Gasteiger partial charge in [0.1, 0.15) is 4.99 Å². The summed E-state index contributed by atoms with van der Waals surface area (Å²) in [4.78, 5) is 15.3. The molecule has 27 heavy (non-hydrogen) atoms. The molecule has 3 nitrogen and oxygen atoms in total. The van der Waals surface area contributed by atoms with Crippen LogP contribution in [0.15, 0.2) is 60.8 Å². The number of hydrogen-bond acceptors (Lipinski definition) is 2. The van der Waals surface area contributed by atoms with Crippen LogP contribution in [0.1, 0.15) is 29.3 Å². The molecule has 1 saturated heterocycles. The number of allylic oxidation sites excluding steroid dienone is 1. The number of hydrogen-bond donors (Lipinski definition) is 1. The lowest BCUT2D eigenvalue weighted by Gasteiger charge is -2.26. The molecule has 1 heterocycles. The van der Waals surface area contributed by atoms with Crippen molar-refractivity contribution in [2.24, 2.45) is 0 Å². The maximum atomic E-state index is 12.6. The third-order valence-electron chi connectivity index (χ3n) is 4.59. The number of thiocarbonyl (C=S) groups is 1. The minimum atomic E-state index is -0.560. The first-order valence-corrected chi connectivity index (χ1v) is 9.84. The lowest BCUT2D eigenvalue weighted by molar-refractivity contribution is 0.0929. The van der Waals surface area contributed by atoms with Crippen LogP contribution in [0.5, 0.6) is 0 Å².